The van der Waals surface area contributed by atoms with Gasteiger partial charge < -0.3 is 33.8 Å². The molecule has 0 amide bonds. The van der Waals surface area contributed by atoms with Crippen LogP contribution in [0.3, 0.4) is 0 Å². The standard InChI is InChI=1S/C73H142O17P2/c1-9-65(7)51-43-35-29-31-38-46-54-71(76)84-60-69(90-73(78)56-48-40-32-30-36-44-52-66(8)10-2)62-88-92(81,82)86-58-67(74)57-85-91(79,80)87-61-68(59-83-70(75)53-45-37-27-24-23-26-34-42-50-64(5)6)89-72(77)55-47-39-28-22-20-18-16-14-12-11-13-15-17-19-21-25-33-41-49-63(3)4/h63-69,74H,9-62H2,1-8H3,(H,79,80)(H,81,82)/t65?,66?,67-,68-,69-/m1/s1. The second-order valence-electron chi connectivity index (χ2n) is 27.8. The molecule has 0 rings (SSSR count). The van der Waals surface area contributed by atoms with Crippen LogP contribution in [-0.4, -0.2) is 96.7 Å². The molecule has 0 aromatic rings. The summed E-state index contributed by atoms with van der Waals surface area (Å²) in [6.45, 7) is 14.1. The van der Waals surface area contributed by atoms with Crippen molar-refractivity contribution in [2.24, 2.45) is 23.7 Å². The van der Waals surface area contributed by atoms with Gasteiger partial charge in [0.05, 0.1) is 26.4 Å². The lowest BCUT2D eigenvalue weighted by atomic mass is 10.00. The summed E-state index contributed by atoms with van der Waals surface area (Å²) in [4.78, 5) is 72.6. The molecule has 3 N–H and O–H groups in total. The van der Waals surface area contributed by atoms with Crippen LogP contribution in [0.1, 0.15) is 364 Å². The zero-order valence-electron chi connectivity index (χ0n) is 60.2. The lowest BCUT2D eigenvalue weighted by Crippen LogP contribution is -2.30. The largest absolute Gasteiger partial charge is 0.472 e. The van der Waals surface area contributed by atoms with Gasteiger partial charge in [-0.25, -0.2) is 9.13 Å². The van der Waals surface area contributed by atoms with Crippen LogP contribution < -0.4 is 0 Å². The Morgan fingerprint density at radius 2 is 0.522 bits per heavy atom. The topological polar surface area (TPSA) is 237 Å². The highest BCUT2D eigenvalue weighted by Crippen LogP contribution is 2.45. The highest BCUT2D eigenvalue weighted by atomic mass is 31.2. The Morgan fingerprint density at radius 3 is 0.772 bits per heavy atom. The number of unbranched alkanes of at least 4 members (excludes halogenated alkanes) is 34. The van der Waals surface area contributed by atoms with Crippen LogP contribution in [0.2, 0.25) is 0 Å². The van der Waals surface area contributed by atoms with Crippen LogP contribution >= 0.6 is 15.6 Å². The third-order valence-electron chi connectivity index (χ3n) is 17.5. The average molecular weight is 1350 g/mol. The number of rotatable bonds is 70. The maximum Gasteiger partial charge on any atom is 0.472 e. The highest BCUT2D eigenvalue weighted by molar-refractivity contribution is 7.47. The van der Waals surface area contributed by atoms with Crippen molar-refractivity contribution in [2.75, 3.05) is 39.6 Å². The predicted molar refractivity (Wildman–Crippen MR) is 372 cm³/mol. The monoisotopic (exact) mass is 1350 g/mol. The van der Waals surface area contributed by atoms with Crippen LogP contribution in [0.15, 0.2) is 0 Å². The SMILES string of the molecule is CCC(C)CCCCCCCCC(=O)OC[C@H](COP(=O)(O)OC[C@H](O)COP(=O)(O)OC[C@@H](COC(=O)CCCCCCCCCCC(C)C)OC(=O)CCCCCCCCCCCCCCCCCCCCC(C)C)OC(=O)CCCCCCCCC(C)CC. The Balaban J connectivity index is 5.18. The van der Waals surface area contributed by atoms with Crippen LogP contribution in [0.4, 0.5) is 0 Å². The van der Waals surface area contributed by atoms with Gasteiger partial charge in [0.1, 0.15) is 19.3 Å². The van der Waals surface area contributed by atoms with Crippen LogP contribution in [-0.2, 0) is 65.4 Å². The minimum atomic E-state index is -4.95. The third kappa shape index (κ3) is 64.1. The molecular weight excluding hydrogens is 1210 g/mol. The summed E-state index contributed by atoms with van der Waals surface area (Å²) in [5.74, 6) is 0.867. The molecule has 0 aliphatic heterocycles. The lowest BCUT2D eigenvalue weighted by Gasteiger charge is -2.21. The molecule has 7 atom stereocenters. The lowest BCUT2D eigenvalue weighted by molar-refractivity contribution is -0.161. The molecule has 0 radical (unpaired) electrons. The highest BCUT2D eigenvalue weighted by Gasteiger charge is 2.30. The van der Waals surface area contributed by atoms with Crippen molar-refractivity contribution < 1.29 is 80.2 Å². The van der Waals surface area contributed by atoms with Crippen molar-refractivity contribution in [3.05, 3.63) is 0 Å². The summed E-state index contributed by atoms with van der Waals surface area (Å²) >= 11 is 0. The first-order valence-electron chi connectivity index (χ1n) is 37.8. The first-order valence-corrected chi connectivity index (χ1v) is 40.8. The minimum absolute atomic E-state index is 0.102. The molecule has 0 heterocycles. The predicted octanol–water partition coefficient (Wildman–Crippen LogP) is 20.9. The number of phosphoric ester groups is 2. The summed E-state index contributed by atoms with van der Waals surface area (Å²) in [6.07, 6.45) is 46.1. The maximum absolute atomic E-state index is 13.0. The molecule has 0 aromatic carbocycles. The van der Waals surface area contributed by atoms with E-state index < -0.39 is 97.5 Å². The quantitative estimate of drug-likeness (QED) is 0.0222. The van der Waals surface area contributed by atoms with E-state index in [2.05, 4.69) is 55.4 Å². The fourth-order valence-electron chi connectivity index (χ4n) is 11.0. The van der Waals surface area contributed by atoms with E-state index in [9.17, 15) is 43.2 Å². The number of aliphatic hydroxyl groups excluding tert-OH is 1. The van der Waals surface area contributed by atoms with E-state index in [0.29, 0.717) is 25.7 Å². The van der Waals surface area contributed by atoms with Gasteiger partial charge in [0.15, 0.2) is 12.2 Å². The summed E-state index contributed by atoms with van der Waals surface area (Å²) < 4.78 is 68.3. The Kier molecular flexibility index (Phi) is 61.3. The summed E-state index contributed by atoms with van der Waals surface area (Å²) in [5, 5.41) is 10.6. The second-order valence-corrected chi connectivity index (χ2v) is 30.7. The number of hydrogen-bond acceptors (Lipinski definition) is 15. The first-order chi connectivity index (χ1) is 44.2. The average Bonchev–Trinajstić information content (AvgIpc) is 2.78. The Labute approximate surface area is 562 Å². The number of ether oxygens (including phenoxy) is 4. The number of hydrogen-bond donors (Lipinski definition) is 3. The minimum Gasteiger partial charge on any atom is -0.462 e. The van der Waals surface area contributed by atoms with Gasteiger partial charge in [-0.05, 0) is 49.4 Å². The Bertz CT molecular complexity index is 1820. The molecule has 17 nitrogen and oxygen atoms in total. The fraction of sp³-hybridized carbons (Fsp3) is 0.945. The van der Waals surface area contributed by atoms with Gasteiger partial charge in [-0.3, -0.25) is 37.3 Å². The van der Waals surface area contributed by atoms with Gasteiger partial charge in [0.25, 0.3) is 0 Å². The molecule has 0 fully saturated rings. The van der Waals surface area contributed by atoms with Crippen molar-refractivity contribution in [3.63, 3.8) is 0 Å². The van der Waals surface area contributed by atoms with Gasteiger partial charge in [-0.15, -0.1) is 0 Å². The summed E-state index contributed by atoms with van der Waals surface area (Å²) in [6, 6.07) is 0. The van der Waals surface area contributed by atoms with E-state index in [1.807, 2.05) is 0 Å². The van der Waals surface area contributed by atoms with E-state index >= 15 is 0 Å². The second kappa shape index (κ2) is 62.6. The summed E-state index contributed by atoms with van der Waals surface area (Å²) in [5.41, 5.74) is 0. The van der Waals surface area contributed by atoms with Gasteiger partial charge in [-0.1, -0.05) is 312 Å². The van der Waals surface area contributed by atoms with Gasteiger partial charge in [0.2, 0.25) is 0 Å². The fourth-order valence-corrected chi connectivity index (χ4v) is 12.5. The number of aliphatic hydroxyl groups is 1. The molecule has 0 saturated heterocycles. The van der Waals surface area contributed by atoms with Crippen molar-refractivity contribution in [2.45, 2.75) is 382 Å². The molecule has 92 heavy (non-hydrogen) atoms. The van der Waals surface area contributed by atoms with Gasteiger partial charge in [-0.2, -0.15) is 0 Å². The molecule has 546 valence electrons. The molecule has 0 saturated carbocycles. The zero-order valence-corrected chi connectivity index (χ0v) is 62.0. The third-order valence-corrected chi connectivity index (χ3v) is 19.4. The molecule has 19 heteroatoms. The van der Waals surface area contributed by atoms with Crippen molar-refractivity contribution in [1.29, 1.82) is 0 Å². The Morgan fingerprint density at radius 1 is 0.304 bits per heavy atom. The van der Waals surface area contributed by atoms with E-state index in [1.165, 1.54) is 161 Å². The number of carbonyl (C=O) groups is 4. The zero-order chi connectivity index (χ0) is 68.2. The van der Waals surface area contributed by atoms with Crippen LogP contribution in [0, 0.1) is 23.7 Å². The van der Waals surface area contributed by atoms with Gasteiger partial charge in [0, 0.05) is 25.7 Å². The van der Waals surface area contributed by atoms with E-state index in [4.69, 9.17) is 37.0 Å². The van der Waals surface area contributed by atoms with Crippen molar-refractivity contribution in [1.82, 2.24) is 0 Å². The van der Waals surface area contributed by atoms with E-state index in [-0.39, 0.29) is 25.7 Å². The van der Waals surface area contributed by atoms with Crippen molar-refractivity contribution in [3.8, 4) is 0 Å². The molecule has 4 unspecified atom stereocenters. The molecule has 0 spiro atoms. The van der Waals surface area contributed by atoms with Crippen LogP contribution in [0.5, 0.6) is 0 Å². The number of phosphoric acid groups is 2. The molecule has 0 aliphatic carbocycles. The molecule has 0 aromatic heterocycles. The van der Waals surface area contributed by atoms with E-state index in [1.54, 1.807) is 0 Å². The number of carbonyl (C=O) groups excluding carboxylic acids is 4. The molecule has 0 aliphatic rings. The van der Waals surface area contributed by atoms with E-state index in [0.717, 1.165) is 120 Å². The smallest absolute Gasteiger partial charge is 0.462 e. The maximum atomic E-state index is 13.0. The molecular formula is C73H142O17P2. The number of esters is 4. The first kappa shape index (κ1) is 90.1. The Hall–Kier alpha value is -1.94. The molecule has 0 bridgehead atoms. The van der Waals surface area contributed by atoms with Gasteiger partial charge >= 0.3 is 39.5 Å². The normalized spacial score (nSPS) is 14.8. The van der Waals surface area contributed by atoms with Crippen molar-refractivity contribution >= 4 is 39.5 Å². The van der Waals surface area contributed by atoms with Crippen LogP contribution in [0.25, 0.3) is 0 Å². The summed E-state index contributed by atoms with van der Waals surface area (Å²) in [7, 11) is -9.91.